The van der Waals surface area contributed by atoms with Crippen molar-refractivity contribution in [1.82, 2.24) is 10.6 Å². The smallest absolute Gasteiger partial charge is 0.309 e. The molecule has 0 aromatic heterocycles. The molecule has 0 radical (unpaired) electrons. The number of hydrogen-bond donors (Lipinski definition) is 2. The Morgan fingerprint density at radius 3 is 2.27 bits per heavy atom. The zero-order valence-electron chi connectivity index (χ0n) is 8.83. The first-order valence-electron chi connectivity index (χ1n) is 4.69. The summed E-state index contributed by atoms with van der Waals surface area (Å²) in [5, 5.41) is 4.78. The summed E-state index contributed by atoms with van der Waals surface area (Å²) in [6, 6.07) is 7.75. The highest BCUT2D eigenvalue weighted by molar-refractivity contribution is 6.34. The molecule has 0 saturated heterocycles. The minimum Gasteiger partial charge on any atom is -0.351 e. The number of rotatable bonds is 2. The molecular weight excluding hydrogens is 192 g/mol. The van der Waals surface area contributed by atoms with E-state index in [1.54, 1.807) is 0 Å². The maximum absolute atomic E-state index is 11.1. The van der Waals surface area contributed by atoms with E-state index in [1.807, 2.05) is 31.2 Å². The summed E-state index contributed by atoms with van der Waals surface area (Å²) in [5.41, 5.74) is 2.13. The molecule has 0 saturated carbocycles. The molecule has 4 heteroatoms. The molecule has 0 aliphatic carbocycles. The first-order chi connectivity index (χ1) is 7.13. The van der Waals surface area contributed by atoms with Crippen molar-refractivity contribution in [3.63, 3.8) is 0 Å². The molecule has 0 bridgehead atoms. The maximum Gasteiger partial charge on any atom is 0.309 e. The topological polar surface area (TPSA) is 58.2 Å². The average Bonchev–Trinajstić information content (AvgIpc) is 2.26. The van der Waals surface area contributed by atoms with Crippen LogP contribution >= 0.6 is 0 Å². The summed E-state index contributed by atoms with van der Waals surface area (Å²) in [6.07, 6.45) is 0. The number of hydrogen-bond acceptors (Lipinski definition) is 2. The highest BCUT2D eigenvalue weighted by Crippen LogP contribution is 2.02. The summed E-state index contributed by atoms with van der Waals surface area (Å²) >= 11 is 0. The van der Waals surface area contributed by atoms with Gasteiger partial charge in [-0.3, -0.25) is 9.59 Å². The Balaban J connectivity index is 2.47. The highest BCUT2D eigenvalue weighted by atomic mass is 16.2. The van der Waals surface area contributed by atoms with Gasteiger partial charge in [0.2, 0.25) is 0 Å². The van der Waals surface area contributed by atoms with Crippen molar-refractivity contribution in [2.45, 2.75) is 13.5 Å². The molecule has 1 aromatic rings. The second-order valence-corrected chi connectivity index (χ2v) is 3.25. The SMILES string of the molecule is CNC(=O)C(=O)NCc1ccc(C)cc1. The van der Waals surface area contributed by atoms with Crippen molar-refractivity contribution in [3.8, 4) is 0 Å². The van der Waals surface area contributed by atoms with E-state index in [4.69, 9.17) is 0 Å². The lowest BCUT2D eigenvalue weighted by molar-refractivity contribution is -0.139. The van der Waals surface area contributed by atoms with Gasteiger partial charge in [0.25, 0.3) is 0 Å². The van der Waals surface area contributed by atoms with E-state index in [9.17, 15) is 9.59 Å². The van der Waals surface area contributed by atoms with E-state index in [1.165, 1.54) is 7.05 Å². The quantitative estimate of drug-likeness (QED) is 0.686. The van der Waals surface area contributed by atoms with Crippen LogP contribution in [-0.4, -0.2) is 18.9 Å². The zero-order valence-corrected chi connectivity index (χ0v) is 8.83. The Kier molecular flexibility index (Phi) is 3.85. The minimum atomic E-state index is -0.623. The molecule has 0 fully saturated rings. The Bertz CT molecular complexity index is 357. The fourth-order valence-corrected chi connectivity index (χ4v) is 1.08. The lowest BCUT2D eigenvalue weighted by atomic mass is 10.1. The molecule has 0 spiro atoms. The van der Waals surface area contributed by atoms with Crippen LogP contribution in [0, 0.1) is 6.92 Å². The van der Waals surface area contributed by atoms with Crippen molar-refractivity contribution in [2.75, 3.05) is 7.05 Å². The van der Waals surface area contributed by atoms with Gasteiger partial charge in [0.1, 0.15) is 0 Å². The summed E-state index contributed by atoms with van der Waals surface area (Å²) in [7, 11) is 1.42. The van der Waals surface area contributed by atoms with E-state index >= 15 is 0 Å². The van der Waals surface area contributed by atoms with Gasteiger partial charge in [0.15, 0.2) is 0 Å². The number of benzene rings is 1. The van der Waals surface area contributed by atoms with Gasteiger partial charge in [-0.2, -0.15) is 0 Å². The van der Waals surface area contributed by atoms with Gasteiger partial charge in [-0.25, -0.2) is 0 Å². The van der Waals surface area contributed by atoms with Gasteiger partial charge in [0, 0.05) is 13.6 Å². The van der Waals surface area contributed by atoms with Crippen LogP contribution in [0.2, 0.25) is 0 Å². The first kappa shape index (κ1) is 11.2. The molecule has 0 aliphatic rings. The Labute approximate surface area is 88.7 Å². The second kappa shape index (κ2) is 5.14. The highest BCUT2D eigenvalue weighted by Gasteiger charge is 2.09. The molecule has 80 valence electrons. The van der Waals surface area contributed by atoms with Gasteiger partial charge in [0.05, 0.1) is 0 Å². The lowest BCUT2D eigenvalue weighted by Crippen LogP contribution is -2.37. The van der Waals surface area contributed by atoms with Crippen LogP contribution in [0.4, 0.5) is 0 Å². The van der Waals surface area contributed by atoms with E-state index < -0.39 is 11.8 Å². The van der Waals surface area contributed by atoms with Gasteiger partial charge in [-0.1, -0.05) is 29.8 Å². The van der Waals surface area contributed by atoms with Gasteiger partial charge in [-0.15, -0.1) is 0 Å². The minimum absolute atomic E-state index is 0.368. The summed E-state index contributed by atoms with van der Waals surface area (Å²) in [6.45, 7) is 2.36. The first-order valence-corrected chi connectivity index (χ1v) is 4.69. The van der Waals surface area contributed by atoms with E-state index in [0.29, 0.717) is 6.54 Å². The summed E-state index contributed by atoms with van der Waals surface area (Å²) < 4.78 is 0. The fraction of sp³-hybridized carbons (Fsp3) is 0.273. The zero-order chi connectivity index (χ0) is 11.3. The number of carbonyl (C=O) groups is 2. The molecule has 1 aromatic carbocycles. The van der Waals surface area contributed by atoms with Crippen LogP contribution in [0.15, 0.2) is 24.3 Å². The predicted octanol–water partition coefficient (Wildman–Crippen LogP) is 0.357. The molecule has 0 atom stereocenters. The average molecular weight is 206 g/mol. The van der Waals surface area contributed by atoms with Crippen LogP contribution in [0.5, 0.6) is 0 Å². The third-order valence-corrected chi connectivity index (χ3v) is 2.01. The van der Waals surface area contributed by atoms with Crippen LogP contribution in [0.25, 0.3) is 0 Å². The number of likely N-dealkylation sites (N-methyl/N-ethyl adjacent to an activating group) is 1. The summed E-state index contributed by atoms with van der Waals surface area (Å²) in [5.74, 6) is -1.24. The normalized spacial score (nSPS) is 9.47. The van der Waals surface area contributed by atoms with Crippen LogP contribution < -0.4 is 10.6 Å². The largest absolute Gasteiger partial charge is 0.351 e. The predicted molar refractivity (Wildman–Crippen MR) is 57.1 cm³/mol. The van der Waals surface area contributed by atoms with E-state index in [2.05, 4.69) is 10.6 Å². The van der Waals surface area contributed by atoms with Crippen molar-refractivity contribution < 1.29 is 9.59 Å². The maximum atomic E-state index is 11.1. The number of carbonyl (C=O) groups excluding carboxylic acids is 2. The third-order valence-electron chi connectivity index (χ3n) is 2.01. The molecule has 0 aliphatic heterocycles. The van der Waals surface area contributed by atoms with E-state index in [0.717, 1.165) is 11.1 Å². The van der Waals surface area contributed by atoms with Crippen molar-refractivity contribution >= 4 is 11.8 Å². The van der Waals surface area contributed by atoms with Gasteiger partial charge < -0.3 is 10.6 Å². The van der Waals surface area contributed by atoms with E-state index in [-0.39, 0.29) is 0 Å². The van der Waals surface area contributed by atoms with Crippen molar-refractivity contribution in [2.24, 2.45) is 0 Å². The Hall–Kier alpha value is -1.84. The standard InChI is InChI=1S/C11H14N2O2/c1-8-3-5-9(6-4-8)7-13-11(15)10(14)12-2/h3-6H,7H2,1-2H3,(H,12,14)(H,13,15). The van der Waals surface area contributed by atoms with Gasteiger partial charge >= 0.3 is 11.8 Å². The van der Waals surface area contributed by atoms with Crippen LogP contribution in [0.3, 0.4) is 0 Å². The van der Waals surface area contributed by atoms with Crippen LogP contribution in [0.1, 0.15) is 11.1 Å². The van der Waals surface area contributed by atoms with Crippen LogP contribution in [-0.2, 0) is 16.1 Å². The number of amides is 2. The molecule has 4 nitrogen and oxygen atoms in total. The molecular formula is C11H14N2O2. The molecule has 15 heavy (non-hydrogen) atoms. The Morgan fingerprint density at radius 2 is 1.73 bits per heavy atom. The molecule has 0 heterocycles. The van der Waals surface area contributed by atoms with Gasteiger partial charge in [-0.05, 0) is 12.5 Å². The van der Waals surface area contributed by atoms with Crippen molar-refractivity contribution in [3.05, 3.63) is 35.4 Å². The third kappa shape index (κ3) is 3.42. The second-order valence-electron chi connectivity index (χ2n) is 3.25. The molecule has 0 unspecified atom stereocenters. The number of nitrogens with one attached hydrogen (secondary N) is 2. The molecule has 1 rings (SSSR count). The molecule has 2 amide bonds. The Morgan fingerprint density at radius 1 is 1.13 bits per heavy atom. The fourth-order valence-electron chi connectivity index (χ4n) is 1.08. The lowest BCUT2D eigenvalue weighted by Gasteiger charge is -2.04. The monoisotopic (exact) mass is 206 g/mol. The number of aryl methyl sites for hydroxylation is 1. The van der Waals surface area contributed by atoms with Crippen molar-refractivity contribution in [1.29, 1.82) is 0 Å². The summed E-state index contributed by atoms with van der Waals surface area (Å²) in [4.78, 5) is 22.0. The molecule has 2 N–H and O–H groups in total.